The third-order valence-electron chi connectivity index (χ3n) is 3.02. The summed E-state index contributed by atoms with van der Waals surface area (Å²) in [6.45, 7) is 2.00. The Labute approximate surface area is 122 Å². The van der Waals surface area contributed by atoms with Crippen molar-refractivity contribution in [1.29, 1.82) is 0 Å². The van der Waals surface area contributed by atoms with Crippen LogP contribution >= 0.6 is 11.6 Å². The number of nitrogens with zero attached hydrogens (tertiary/aromatic N) is 3. The van der Waals surface area contributed by atoms with Gasteiger partial charge in [0, 0.05) is 29.6 Å². The highest BCUT2D eigenvalue weighted by atomic mass is 35.5. The van der Waals surface area contributed by atoms with Crippen LogP contribution in [0.2, 0.25) is 5.15 Å². The zero-order valence-corrected chi connectivity index (χ0v) is 11.7. The largest absolute Gasteiger partial charge is 0.264 e. The van der Waals surface area contributed by atoms with Gasteiger partial charge in [-0.2, -0.15) is 0 Å². The van der Waals surface area contributed by atoms with E-state index < -0.39 is 0 Å². The van der Waals surface area contributed by atoms with Gasteiger partial charge in [-0.15, -0.1) is 0 Å². The van der Waals surface area contributed by atoms with E-state index in [0.717, 1.165) is 22.4 Å². The van der Waals surface area contributed by atoms with E-state index in [1.165, 1.54) is 0 Å². The topological polar surface area (TPSA) is 38.7 Å². The average molecular weight is 282 g/mol. The quantitative estimate of drug-likeness (QED) is 0.662. The minimum atomic E-state index is 0.435. The van der Waals surface area contributed by atoms with E-state index in [9.17, 15) is 0 Å². The molecule has 0 aliphatic heterocycles. The number of rotatable bonds is 2. The first-order chi connectivity index (χ1) is 9.74. The van der Waals surface area contributed by atoms with E-state index in [0.29, 0.717) is 11.0 Å². The van der Waals surface area contributed by atoms with Gasteiger partial charge in [0.05, 0.1) is 5.69 Å². The van der Waals surface area contributed by atoms with Crippen LogP contribution in [0.3, 0.4) is 0 Å². The predicted octanol–water partition coefficient (Wildman–Crippen LogP) is 4.17. The summed E-state index contributed by atoms with van der Waals surface area (Å²) >= 11 is 6.14. The van der Waals surface area contributed by atoms with Crippen molar-refractivity contribution in [3.63, 3.8) is 0 Å². The zero-order chi connectivity index (χ0) is 13.9. The number of halogens is 1. The molecule has 0 bridgehead atoms. The summed E-state index contributed by atoms with van der Waals surface area (Å²) in [4.78, 5) is 13.0. The van der Waals surface area contributed by atoms with Gasteiger partial charge in [-0.3, -0.25) is 4.98 Å². The van der Waals surface area contributed by atoms with Crippen LogP contribution < -0.4 is 0 Å². The first-order valence-corrected chi connectivity index (χ1v) is 6.63. The molecule has 4 heteroatoms. The molecule has 2 heterocycles. The summed E-state index contributed by atoms with van der Waals surface area (Å²) in [6, 6.07) is 13.5. The molecule has 0 aliphatic carbocycles. The molecular formula is C16H12ClN3. The van der Waals surface area contributed by atoms with Crippen molar-refractivity contribution < 1.29 is 0 Å². The molecule has 3 nitrogen and oxygen atoms in total. The lowest BCUT2D eigenvalue weighted by atomic mass is 10.1. The predicted molar refractivity (Wildman–Crippen MR) is 80.4 cm³/mol. The van der Waals surface area contributed by atoms with Crippen LogP contribution in [0, 0.1) is 6.92 Å². The molecule has 3 aromatic rings. The van der Waals surface area contributed by atoms with Crippen molar-refractivity contribution >= 4 is 11.6 Å². The Morgan fingerprint density at radius 2 is 1.80 bits per heavy atom. The minimum Gasteiger partial charge on any atom is -0.264 e. The summed E-state index contributed by atoms with van der Waals surface area (Å²) in [5, 5.41) is 0.435. The molecule has 2 aromatic heterocycles. The number of aryl methyl sites for hydroxylation is 1. The van der Waals surface area contributed by atoms with Gasteiger partial charge in [0.1, 0.15) is 5.15 Å². The first-order valence-electron chi connectivity index (χ1n) is 6.25. The van der Waals surface area contributed by atoms with Gasteiger partial charge in [-0.1, -0.05) is 41.9 Å². The van der Waals surface area contributed by atoms with E-state index in [4.69, 9.17) is 11.6 Å². The second-order valence-corrected chi connectivity index (χ2v) is 4.84. The summed E-state index contributed by atoms with van der Waals surface area (Å²) in [6.07, 6.45) is 3.56. The summed E-state index contributed by atoms with van der Waals surface area (Å²) in [5.41, 5.74) is 3.83. The van der Waals surface area contributed by atoms with Gasteiger partial charge in [0.2, 0.25) is 0 Å². The van der Waals surface area contributed by atoms with E-state index in [2.05, 4.69) is 15.0 Å². The van der Waals surface area contributed by atoms with Gasteiger partial charge in [0.15, 0.2) is 5.82 Å². The molecule has 98 valence electrons. The van der Waals surface area contributed by atoms with E-state index in [-0.39, 0.29) is 0 Å². The Hall–Kier alpha value is -2.26. The lowest BCUT2D eigenvalue weighted by molar-refractivity contribution is 1.17. The molecule has 0 unspecified atom stereocenters. The van der Waals surface area contributed by atoms with Crippen molar-refractivity contribution in [2.24, 2.45) is 0 Å². The molecule has 20 heavy (non-hydrogen) atoms. The summed E-state index contributed by atoms with van der Waals surface area (Å²) in [7, 11) is 0. The smallest absolute Gasteiger partial charge is 0.161 e. The van der Waals surface area contributed by atoms with Crippen LogP contribution in [-0.4, -0.2) is 15.0 Å². The summed E-state index contributed by atoms with van der Waals surface area (Å²) in [5.74, 6) is 0.629. The molecule has 0 saturated carbocycles. The SMILES string of the molecule is Cc1cnccc1-c1cc(Cl)nc(-c2ccccc2)n1. The Morgan fingerprint density at radius 1 is 1.00 bits per heavy atom. The summed E-state index contributed by atoms with van der Waals surface area (Å²) < 4.78 is 0. The number of hydrogen-bond donors (Lipinski definition) is 0. The van der Waals surface area contributed by atoms with Crippen molar-refractivity contribution in [2.45, 2.75) is 6.92 Å². The average Bonchev–Trinajstić information content (AvgIpc) is 2.48. The molecule has 0 amide bonds. The fraction of sp³-hybridized carbons (Fsp3) is 0.0625. The second kappa shape index (κ2) is 5.39. The zero-order valence-electron chi connectivity index (χ0n) is 10.9. The highest BCUT2D eigenvalue weighted by molar-refractivity contribution is 6.29. The van der Waals surface area contributed by atoms with Crippen molar-refractivity contribution in [3.05, 3.63) is 65.6 Å². The fourth-order valence-corrected chi connectivity index (χ4v) is 2.22. The van der Waals surface area contributed by atoms with Crippen LogP contribution in [-0.2, 0) is 0 Å². The monoisotopic (exact) mass is 281 g/mol. The molecule has 1 aromatic carbocycles. The molecule has 0 atom stereocenters. The van der Waals surface area contributed by atoms with Crippen LogP contribution in [0.5, 0.6) is 0 Å². The third kappa shape index (κ3) is 2.53. The van der Waals surface area contributed by atoms with E-state index in [1.54, 1.807) is 12.3 Å². The minimum absolute atomic E-state index is 0.435. The molecular weight excluding hydrogens is 270 g/mol. The number of benzene rings is 1. The van der Waals surface area contributed by atoms with E-state index in [1.807, 2.05) is 49.5 Å². The van der Waals surface area contributed by atoms with Gasteiger partial charge >= 0.3 is 0 Å². The molecule has 0 aliphatic rings. The Kier molecular flexibility index (Phi) is 3.44. The lowest BCUT2D eigenvalue weighted by Crippen LogP contribution is -1.94. The van der Waals surface area contributed by atoms with E-state index >= 15 is 0 Å². The van der Waals surface area contributed by atoms with Crippen LogP contribution in [0.1, 0.15) is 5.56 Å². The van der Waals surface area contributed by atoms with Gasteiger partial charge in [-0.25, -0.2) is 9.97 Å². The highest BCUT2D eigenvalue weighted by Crippen LogP contribution is 2.25. The Bertz CT molecular complexity index is 742. The maximum Gasteiger partial charge on any atom is 0.161 e. The molecule has 0 radical (unpaired) electrons. The van der Waals surface area contributed by atoms with Crippen molar-refractivity contribution in [1.82, 2.24) is 15.0 Å². The second-order valence-electron chi connectivity index (χ2n) is 4.46. The molecule has 0 fully saturated rings. The standard InChI is InChI=1S/C16H12ClN3/c1-11-10-18-8-7-13(11)14-9-15(17)20-16(19-14)12-5-3-2-4-6-12/h2-10H,1H3. The number of pyridine rings is 1. The normalized spacial score (nSPS) is 10.5. The molecule has 0 spiro atoms. The lowest BCUT2D eigenvalue weighted by Gasteiger charge is -2.07. The fourth-order valence-electron chi connectivity index (χ4n) is 2.03. The van der Waals surface area contributed by atoms with Gasteiger partial charge in [-0.05, 0) is 18.6 Å². The number of aromatic nitrogens is 3. The van der Waals surface area contributed by atoms with Crippen molar-refractivity contribution in [2.75, 3.05) is 0 Å². The van der Waals surface area contributed by atoms with Gasteiger partial charge in [0.25, 0.3) is 0 Å². The highest BCUT2D eigenvalue weighted by Gasteiger charge is 2.09. The van der Waals surface area contributed by atoms with Gasteiger partial charge < -0.3 is 0 Å². The maximum atomic E-state index is 6.14. The van der Waals surface area contributed by atoms with Crippen LogP contribution in [0.4, 0.5) is 0 Å². The van der Waals surface area contributed by atoms with Crippen LogP contribution in [0.25, 0.3) is 22.6 Å². The number of hydrogen-bond acceptors (Lipinski definition) is 3. The maximum absolute atomic E-state index is 6.14. The molecule has 3 rings (SSSR count). The van der Waals surface area contributed by atoms with Crippen molar-refractivity contribution in [3.8, 4) is 22.6 Å². The van der Waals surface area contributed by atoms with Crippen LogP contribution in [0.15, 0.2) is 54.9 Å². The Morgan fingerprint density at radius 3 is 2.55 bits per heavy atom. The molecule has 0 saturated heterocycles. The molecule has 0 N–H and O–H groups in total. The third-order valence-corrected chi connectivity index (χ3v) is 3.22. The Balaban J connectivity index is 2.15. The first kappa shape index (κ1) is 12.8.